The van der Waals surface area contributed by atoms with Crippen LogP contribution >= 0.6 is 34.5 Å². The van der Waals surface area contributed by atoms with E-state index in [0.29, 0.717) is 54.2 Å². The summed E-state index contributed by atoms with van der Waals surface area (Å²) < 4.78 is 26.9. The van der Waals surface area contributed by atoms with E-state index in [1.807, 2.05) is 52.0 Å². The van der Waals surface area contributed by atoms with Crippen molar-refractivity contribution in [3.05, 3.63) is 87.5 Å². The molecule has 2 aromatic heterocycles. The number of carbonyl (C=O) groups excluding carboxylic acids is 4. The Morgan fingerprint density at radius 2 is 1.74 bits per heavy atom. The number of piperidine rings is 1. The smallest absolute Gasteiger partial charge is 0.246 e. The highest BCUT2D eigenvalue weighted by Gasteiger charge is 2.44. The fraction of sp³-hybridized carbons (Fsp3) is 0.413. The van der Waals surface area contributed by atoms with Gasteiger partial charge in [0, 0.05) is 69.7 Å². The molecule has 4 amide bonds. The molecule has 0 spiro atoms. The summed E-state index contributed by atoms with van der Waals surface area (Å²) in [5.74, 6) is -1.15. The minimum Gasteiger partial charge on any atom is -0.493 e. The van der Waals surface area contributed by atoms with Crippen molar-refractivity contribution in [1.82, 2.24) is 35.4 Å². The van der Waals surface area contributed by atoms with Crippen LogP contribution in [0.15, 0.2) is 60.4 Å². The van der Waals surface area contributed by atoms with Crippen molar-refractivity contribution >= 4 is 80.6 Å². The van der Waals surface area contributed by atoms with Gasteiger partial charge in [0.05, 0.1) is 50.5 Å². The molecule has 4 heterocycles. The van der Waals surface area contributed by atoms with Gasteiger partial charge in [-0.25, -0.2) is 19.3 Å². The zero-order chi connectivity index (χ0) is 46.6. The number of aliphatic hydroxyl groups excluding tert-OH is 1. The number of anilines is 2. The second-order valence-corrected chi connectivity index (χ2v) is 18.9. The van der Waals surface area contributed by atoms with Gasteiger partial charge in [0.2, 0.25) is 23.6 Å². The van der Waals surface area contributed by atoms with E-state index in [4.69, 9.17) is 32.7 Å². The third-order valence-electron chi connectivity index (χ3n) is 11.6. The monoisotopic (exact) mass is 948 g/mol. The Kier molecular flexibility index (Phi) is 14.8. The molecule has 5 aromatic rings. The molecule has 65 heavy (non-hydrogen) atoms. The molecule has 3 atom stereocenters. The molecule has 344 valence electrons. The van der Waals surface area contributed by atoms with E-state index in [9.17, 15) is 28.7 Å². The Labute approximate surface area is 390 Å². The second kappa shape index (κ2) is 20.3. The number of aliphatic hydroxyl groups is 1. The lowest BCUT2D eigenvalue weighted by molar-refractivity contribution is -0.144. The summed E-state index contributed by atoms with van der Waals surface area (Å²) in [5, 5.41) is 19.7. The van der Waals surface area contributed by atoms with Crippen LogP contribution in [0.2, 0.25) is 10.0 Å². The molecule has 0 aliphatic carbocycles. The molecule has 0 bridgehead atoms. The number of methoxy groups -OCH3 is 1. The summed E-state index contributed by atoms with van der Waals surface area (Å²) in [6.45, 7) is 8.32. The lowest BCUT2D eigenvalue weighted by atomic mass is 9.85. The fourth-order valence-corrected chi connectivity index (χ4v) is 9.08. The lowest BCUT2D eigenvalue weighted by Crippen LogP contribution is -2.57. The maximum Gasteiger partial charge on any atom is 0.246 e. The number of nitrogens with zero attached hydrogens (tertiary/aromatic N) is 5. The van der Waals surface area contributed by atoms with Crippen LogP contribution in [-0.2, 0) is 25.7 Å². The van der Waals surface area contributed by atoms with Crippen molar-refractivity contribution in [2.75, 3.05) is 32.1 Å². The number of β-amino-alcohol motifs (C(OH)–C–C–N with tert-alkyl or cyclic N) is 1. The van der Waals surface area contributed by atoms with Gasteiger partial charge in [-0.1, -0.05) is 68.2 Å². The predicted octanol–water partition coefficient (Wildman–Crippen LogP) is 7.22. The van der Waals surface area contributed by atoms with Crippen molar-refractivity contribution in [3.63, 3.8) is 0 Å². The van der Waals surface area contributed by atoms with Crippen LogP contribution in [0.1, 0.15) is 64.1 Å². The van der Waals surface area contributed by atoms with Gasteiger partial charge in [0.1, 0.15) is 30.3 Å². The van der Waals surface area contributed by atoms with Gasteiger partial charge < -0.3 is 40.3 Å². The summed E-state index contributed by atoms with van der Waals surface area (Å²) >= 11 is 13.6. The van der Waals surface area contributed by atoms with E-state index in [0.717, 1.165) is 21.7 Å². The van der Waals surface area contributed by atoms with Crippen molar-refractivity contribution in [2.24, 2.45) is 5.41 Å². The van der Waals surface area contributed by atoms with Crippen LogP contribution in [-0.4, -0.2) is 105 Å². The van der Waals surface area contributed by atoms with E-state index in [2.05, 4.69) is 30.9 Å². The number of nitrogens with one attached hydrogen (secondary N) is 3. The number of hydrogen-bond acceptors (Lipinski definition) is 12. The lowest BCUT2D eigenvalue weighted by Gasteiger charge is -2.35. The van der Waals surface area contributed by atoms with Crippen LogP contribution in [0.5, 0.6) is 11.5 Å². The molecule has 3 aromatic carbocycles. The number of benzene rings is 3. The van der Waals surface area contributed by atoms with E-state index in [1.54, 1.807) is 33.9 Å². The zero-order valence-corrected chi connectivity index (χ0v) is 39.0. The van der Waals surface area contributed by atoms with Gasteiger partial charge in [-0.2, -0.15) is 0 Å². The quantitative estimate of drug-likeness (QED) is 0.0824. The van der Waals surface area contributed by atoms with E-state index in [1.165, 1.54) is 30.5 Å². The highest BCUT2D eigenvalue weighted by atomic mass is 35.5. The van der Waals surface area contributed by atoms with Gasteiger partial charge >= 0.3 is 0 Å². The first-order valence-electron chi connectivity index (χ1n) is 21.2. The first-order chi connectivity index (χ1) is 31.0. The number of aryl methyl sites for hydroxylation is 1. The van der Waals surface area contributed by atoms with Crippen LogP contribution in [0.3, 0.4) is 0 Å². The summed E-state index contributed by atoms with van der Waals surface area (Å²) in [6, 6.07) is 12.2. The number of ether oxygens (including phenoxy) is 2. The molecule has 1 unspecified atom stereocenters. The molecular weight excluding hydrogens is 899 g/mol. The molecule has 15 nitrogen and oxygen atoms in total. The fourth-order valence-electron chi connectivity index (χ4n) is 7.96. The highest BCUT2D eigenvalue weighted by molar-refractivity contribution is 7.13. The molecule has 19 heteroatoms. The number of thiazole rings is 1. The summed E-state index contributed by atoms with van der Waals surface area (Å²) in [5.41, 5.74) is 4.49. The second-order valence-electron chi connectivity index (χ2n) is 17.2. The zero-order valence-electron chi connectivity index (χ0n) is 36.6. The molecule has 2 saturated heterocycles. The van der Waals surface area contributed by atoms with Crippen molar-refractivity contribution in [2.45, 2.75) is 90.6 Å². The normalized spacial score (nSPS) is 17.2. The Morgan fingerprint density at radius 1 is 1.00 bits per heavy atom. The molecule has 0 radical (unpaired) electrons. The van der Waals surface area contributed by atoms with E-state index >= 15 is 0 Å². The Bertz CT molecular complexity index is 2570. The van der Waals surface area contributed by atoms with Crippen molar-refractivity contribution in [3.8, 4) is 21.9 Å². The largest absolute Gasteiger partial charge is 0.493 e. The van der Waals surface area contributed by atoms with Crippen LogP contribution in [0.25, 0.3) is 21.3 Å². The average Bonchev–Trinajstić information content (AvgIpc) is 3.91. The molecule has 0 saturated carbocycles. The first-order valence-corrected chi connectivity index (χ1v) is 22.9. The maximum atomic E-state index is 14.9. The highest BCUT2D eigenvalue weighted by Crippen LogP contribution is 2.38. The predicted molar refractivity (Wildman–Crippen MR) is 247 cm³/mol. The molecule has 2 aliphatic rings. The summed E-state index contributed by atoms with van der Waals surface area (Å²) in [4.78, 5) is 71.4. The number of halogens is 3. The molecular formula is C46H51Cl2FN8O7S. The third-order valence-corrected chi connectivity index (χ3v) is 13.3. The van der Waals surface area contributed by atoms with E-state index in [-0.39, 0.29) is 60.1 Å². The Hall–Kier alpha value is -5.62. The molecule has 2 fully saturated rings. The molecule has 2 aliphatic heterocycles. The maximum absolute atomic E-state index is 14.9. The summed E-state index contributed by atoms with van der Waals surface area (Å²) in [7, 11) is 1.51. The number of hydrogen-bond donors (Lipinski definition) is 4. The first kappa shape index (κ1) is 47.3. The van der Waals surface area contributed by atoms with Gasteiger partial charge in [0.25, 0.3) is 0 Å². The number of fused-ring (bicyclic) bond motifs is 1. The van der Waals surface area contributed by atoms with Gasteiger partial charge in [-0.05, 0) is 41.7 Å². The van der Waals surface area contributed by atoms with Gasteiger partial charge in [-0.3, -0.25) is 19.2 Å². The SMILES string of the molecule is COc1cc2ncnc(Nc3ccc(Cl)c(Cl)c3F)c2cc1OC1CCN(C(=O)CCC(=O)NC(C(=O)N2C[C@H](O)C[C@H]2C(=O)NCc2ccc(-c3scnc3C)cc2)C(C)(C)C)CC1. The van der Waals surface area contributed by atoms with Crippen molar-refractivity contribution < 1.29 is 38.1 Å². The van der Waals surface area contributed by atoms with Crippen LogP contribution < -0.4 is 25.4 Å². The number of amides is 4. The number of rotatable bonds is 14. The minimum absolute atomic E-state index is 0.0536. The molecule has 4 N–H and O–H groups in total. The standard InChI is InChI=1S/C46H51Cl2FN8O7S/c1-25-41(65-24-53-25)27-8-6-26(7-9-27)21-50-44(61)34-18-28(58)22-57(34)45(62)42(46(2,3)4)55-37(59)12-13-38(60)56-16-14-29(15-17-56)64-36-19-30-33(20-35(36)63-5)51-23-52-43(30)54-32-11-10-31(47)39(48)40(32)49/h6-11,19-20,23-24,28-29,34,42,58H,12-18,21-22H2,1-5H3,(H,50,61)(H,55,59)(H,51,52,54)/t28-,34+,42?/m1/s1. The van der Waals surface area contributed by atoms with Crippen molar-refractivity contribution in [1.29, 1.82) is 0 Å². The van der Waals surface area contributed by atoms with Crippen LogP contribution in [0.4, 0.5) is 15.9 Å². The molecule has 7 rings (SSSR count). The summed E-state index contributed by atoms with van der Waals surface area (Å²) in [6.07, 6.45) is 0.992. The Balaban J connectivity index is 0.910. The topological polar surface area (TPSA) is 188 Å². The average molecular weight is 950 g/mol. The number of aromatic nitrogens is 3. The van der Waals surface area contributed by atoms with Gasteiger partial charge in [-0.15, -0.1) is 11.3 Å². The van der Waals surface area contributed by atoms with Crippen LogP contribution in [0, 0.1) is 18.2 Å². The number of likely N-dealkylation sites (tertiary alicyclic amines) is 2. The Morgan fingerprint density at radius 3 is 2.42 bits per heavy atom. The minimum atomic E-state index is -1.02. The van der Waals surface area contributed by atoms with E-state index < -0.39 is 47.1 Å². The van der Waals surface area contributed by atoms with Gasteiger partial charge in [0.15, 0.2) is 17.3 Å². The number of carbonyl (C=O) groups is 4. The third kappa shape index (κ3) is 11.1.